The predicted octanol–water partition coefficient (Wildman–Crippen LogP) is 5.39. The molecule has 9 nitrogen and oxygen atoms in total. The number of anilines is 3. The molecule has 1 saturated heterocycles. The number of ether oxygens (including phenoxy) is 1. The summed E-state index contributed by atoms with van der Waals surface area (Å²) in [6.07, 6.45) is -0.0671. The number of carboxylic acid groups (broad SMARTS) is 1. The fourth-order valence-electron chi connectivity index (χ4n) is 4.63. The van der Waals surface area contributed by atoms with Gasteiger partial charge in [-0.3, -0.25) is 0 Å². The van der Waals surface area contributed by atoms with Crippen molar-refractivity contribution in [1.82, 2.24) is 9.97 Å². The molecule has 40 heavy (non-hydrogen) atoms. The first-order valence-electron chi connectivity index (χ1n) is 12.5. The van der Waals surface area contributed by atoms with Gasteiger partial charge in [0.2, 0.25) is 5.95 Å². The smallest absolute Gasteiger partial charge is 0.416 e. The highest BCUT2D eigenvalue weighted by Crippen LogP contribution is 2.33. The highest BCUT2D eigenvalue weighted by molar-refractivity contribution is 7.90. The molecule has 1 aliphatic rings. The third-order valence-corrected chi connectivity index (χ3v) is 7.74. The van der Waals surface area contributed by atoms with E-state index in [2.05, 4.69) is 4.98 Å². The number of amides is 1. The number of para-hydroxylation sites is 1. The molecule has 1 aliphatic heterocycles. The Kier molecular flexibility index (Phi) is 7.51. The predicted molar refractivity (Wildman–Crippen MR) is 150 cm³/mol. The highest BCUT2D eigenvalue weighted by atomic mass is 32.2. The molecule has 0 unspecified atom stereocenters. The van der Waals surface area contributed by atoms with Crippen molar-refractivity contribution < 1.29 is 27.4 Å². The standard InChI is InChI=1S/C29H27FN4O5S/c1-19-18-39-15-14-33(19)28-31-25(17-26(32-28)24-16-21(30)10-13-27(24)40(2,37)38)20-8-11-23(12-9-20)34(29(35)36)22-6-4-3-5-7-22/h3-13,16-17,19H,14-15,18H2,1-2H3,(H,35,36)/t19-/m0/s1. The van der Waals surface area contributed by atoms with Gasteiger partial charge in [0.1, 0.15) is 5.82 Å². The summed E-state index contributed by atoms with van der Waals surface area (Å²) in [5, 5.41) is 9.86. The van der Waals surface area contributed by atoms with Gasteiger partial charge in [-0.2, -0.15) is 0 Å². The molecular weight excluding hydrogens is 535 g/mol. The van der Waals surface area contributed by atoms with Crippen LogP contribution in [-0.2, 0) is 14.6 Å². The van der Waals surface area contributed by atoms with Gasteiger partial charge >= 0.3 is 6.09 Å². The normalized spacial score (nSPS) is 15.6. The van der Waals surface area contributed by atoms with Crippen LogP contribution in [0.3, 0.4) is 0 Å². The van der Waals surface area contributed by atoms with Gasteiger partial charge < -0.3 is 14.7 Å². The summed E-state index contributed by atoms with van der Waals surface area (Å²) < 4.78 is 45.0. The number of nitrogens with zero attached hydrogens (tertiary/aromatic N) is 4. The monoisotopic (exact) mass is 562 g/mol. The number of rotatable bonds is 6. The number of carbonyl (C=O) groups is 1. The molecule has 0 aliphatic carbocycles. The number of hydrogen-bond acceptors (Lipinski definition) is 7. The van der Waals surface area contributed by atoms with Crippen molar-refractivity contribution in [3.63, 3.8) is 0 Å². The first-order valence-corrected chi connectivity index (χ1v) is 14.4. The maximum atomic E-state index is 14.4. The number of morpholine rings is 1. The topological polar surface area (TPSA) is 113 Å². The van der Waals surface area contributed by atoms with Gasteiger partial charge in [-0.15, -0.1) is 0 Å². The molecule has 11 heteroatoms. The van der Waals surface area contributed by atoms with Crippen LogP contribution in [0, 0.1) is 5.82 Å². The summed E-state index contributed by atoms with van der Waals surface area (Å²) in [7, 11) is -3.70. The molecule has 1 aromatic heterocycles. The lowest BCUT2D eigenvalue weighted by Crippen LogP contribution is -2.44. The van der Waals surface area contributed by atoms with Crippen LogP contribution in [0.15, 0.2) is 83.8 Å². The lowest BCUT2D eigenvalue weighted by Gasteiger charge is -2.33. The average Bonchev–Trinajstić information content (AvgIpc) is 2.93. The first-order chi connectivity index (χ1) is 19.1. The van der Waals surface area contributed by atoms with Crippen LogP contribution in [0.2, 0.25) is 0 Å². The molecule has 206 valence electrons. The van der Waals surface area contributed by atoms with Gasteiger partial charge in [0.15, 0.2) is 9.84 Å². The Balaban J connectivity index is 1.63. The maximum absolute atomic E-state index is 14.4. The zero-order chi connectivity index (χ0) is 28.4. The average molecular weight is 563 g/mol. The SMILES string of the molecule is C[C@H]1COCCN1c1nc(-c2ccc(N(C(=O)O)c3ccccc3)cc2)cc(-c2cc(F)ccc2S(C)(=O)=O)n1. The minimum absolute atomic E-state index is 0.0453. The molecular formula is C29H27FN4O5S. The Hall–Kier alpha value is -4.35. The van der Waals surface area contributed by atoms with E-state index in [1.165, 1.54) is 11.0 Å². The molecule has 1 N–H and O–H groups in total. The number of benzene rings is 3. The minimum Gasteiger partial charge on any atom is -0.464 e. The summed E-state index contributed by atoms with van der Waals surface area (Å²) in [5.74, 6) is -0.240. The van der Waals surface area contributed by atoms with E-state index in [9.17, 15) is 22.7 Å². The molecule has 1 fully saturated rings. The Morgan fingerprint density at radius 3 is 2.33 bits per heavy atom. The van der Waals surface area contributed by atoms with Crippen molar-refractivity contribution in [2.45, 2.75) is 17.9 Å². The van der Waals surface area contributed by atoms with E-state index in [4.69, 9.17) is 9.72 Å². The van der Waals surface area contributed by atoms with Crippen LogP contribution in [0.4, 0.5) is 26.5 Å². The van der Waals surface area contributed by atoms with Crippen LogP contribution in [-0.4, -0.2) is 61.6 Å². The molecule has 1 amide bonds. The Morgan fingerprint density at radius 1 is 1.00 bits per heavy atom. The molecule has 1 atom stereocenters. The highest BCUT2D eigenvalue weighted by Gasteiger charge is 2.25. The van der Waals surface area contributed by atoms with Crippen LogP contribution < -0.4 is 9.80 Å². The minimum atomic E-state index is -3.70. The Bertz CT molecular complexity index is 1650. The van der Waals surface area contributed by atoms with E-state index in [0.29, 0.717) is 48.3 Å². The lowest BCUT2D eigenvalue weighted by atomic mass is 10.1. The fourth-order valence-corrected chi connectivity index (χ4v) is 5.51. The summed E-state index contributed by atoms with van der Waals surface area (Å²) in [5.41, 5.74) is 2.42. The van der Waals surface area contributed by atoms with E-state index in [1.807, 2.05) is 11.8 Å². The van der Waals surface area contributed by atoms with Gasteiger partial charge in [0.05, 0.1) is 46.9 Å². The van der Waals surface area contributed by atoms with Crippen LogP contribution in [0.25, 0.3) is 22.5 Å². The summed E-state index contributed by atoms with van der Waals surface area (Å²) >= 11 is 0. The van der Waals surface area contributed by atoms with Crippen LogP contribution >= 0.6 is 0 Å². The van der Waals surface area contributed by atoms with Crippen molar-refractivity contribution in [2.24, 2.45) is 0 Å². The van der Waals surface area contributed by atoms with Gasteiger partial charge in [-0.1, -0.05) is 30.3 Å². The lowest BCUT2D eigenvalue weighted by molar-refractivity contribution is 0.0981. The number of halogens is 1. The van der Waals surface area contributed by atoms with Crippen molar-refractivity contribution >= 4 is 33.3 Å². The van der Waals surface area contributed by atoms with E-state index in [0.717, 1.165) is 18.4 Å². The van der Waals surface area contributed by atoms with E-state index < -0.39 is 21.7 Å². The molecule has 0 bridgehead atoms. The quantitative estimate of drug-likeness (QED) is 0.311. The Labute approximate surface area is 231 Å². The van der Waals surface area contributed by atoms with Crippen molar-refractivity contribution in [3.8, 4) is 22.5 Å². The van der Waals surface area contributed by atoms with E-state index in [1.54, 1.807) is 60.7 Å². The third kappa shape index (κ3) is 5.65. The molecule has 5 rings (SSSR count). The van der Waals surface area contributed by atoms with Gasteiger partial charge in [-0.05, 0) is 55.5 Å². The maximum Gasteiger partial charge on any atom is 0.416 e. The van der Waals surface area contributed by atoms with Crippen LogP contribution in [0.1, 0.15) is 6.92 Å². The molecule has 4 aromatic rings. The van der Waals surface area contributed by atoms with Gasteiger partial charge in [-0.25, -0.2) is 32.5 Å². The van der Waals surface area contributed by atoms with Crippen molar-refractivity contribution in [3.05, 3.63) is 84.7 Å². The number of hydrogen-bond donors (Lipinski definition) is 1. The van der Waals surface area contributed by atoms with E-state index in [-0.39, 0.29) is 22.2 Å². The zero-order valence-corrected chi connectivity index (χ0v) is 22.7. The Morgan fingerprint density at radius 2 is 1.68 bits per heavy atom. The summed E-state index contributed by atoms with van der Waals surface area (Å²) in [6, 6.07) is 20.6. The van der Waals surface area contributed by atoms with Gasteiger partial charge in [0, 0.05) is 23.9 Å². The molecule has 3 aromatic carbocycles. The number of aromatic nitrogens is 2. The summed E-state index contributed by atoms with van der Waals surface area (Å²) in [6.45, 7) is 3.44. The van der Waals surface area contributed by atoms with Crippen molar-refractivity contribution in [1.29, 1.82) is 0 Å². The second-order valence-corrected chi connectivity index (χ2v) is 11.5. The molecule has 0 saturated carbocycles. The zero-order valence-electron chi connectivity index (χ0n) is 21.9. The van der Waals surface area contributed by atoms with Crippen LogP contribution in [0.5, 0.6) is 0 Å². The van der Waals surface area contributed by atoms with Crippen molar-refractivity contribution in [2.75, 3.05) is 35.8 Å². The molecule has 0 radical (unpaired) electrons. The second kappa shape index (κ2) is 11.0. The number of sulfone groups is 1. The summed E-state index contributed by atoms with van der Waals surface area (Å²) in [4.78, 5) is 24.6. The molecule has 0 spiro atoms. The molecule has 2 heterocycles. The fraction of sp³-hybridized carbons (Fsp3) is 0.207. The van der Waals surface area contributed by atoms with E-state index >= 15 is 0 Å². The first kappa shape index (κ1) is 27.2. The van der Waals surface area contributed by atoms with Gasteiger partial charge in [0.25, 0.3) is 0 Å². The largest absolute Gasteiger partial charge is 0.464 e. The second-order valence-electron chi connectivity index (χ2n) is 9.47. The third-order valence-electron chi connectivity index (χ3n) is 6.58.